The topological polar surface area (TPSA) is 0 Å². The first-order chi connectivity index (χ1) is 9.08. The summed E-state index contributed by atoms with van der Waals surface area (Å²) in [6.07, 6.45) is 14.3. The average molecular weight is 254 g/mol. The molecular formula is C19H26. The molecule has 0 unspecified atom stereocenters. The van der Waals surface area contributed by atoms with Crippen molar-refractivity contribution in [3.05, 3.63) is 51.6 Å². The van der Waals surface area contributed by atoms with Crippen molar-refractivity contribution in [2.45, 2.75) is 48.0 Å². The Morgan fingerprint density at radius 3 is 1.63 bits per heavy atom. The summed E-state index contributed by atoms with van der Waals surface area (Å²) in [5, 5.41) is 0. The van der Waals surface area contributed by atoms with Crippen molar-refractivity contribution in [1.29, 1.82) is 0 Å². The van der Waals surface area contributed by atoms with E-state index < -0.39 is 0 Å². The van der Waals surface area contributed by atoms with Crippen molar-refractivity contribution < 1.29 is 0 Å². The Labute approximate surface area is 118 Å². The van der Waals surface area contributed by atoms with E-state index in [4.69, 9.17) is 0 Å². The lowest BCUT2D eigenvalue weighted by molar-refractivity contribution is 1.22. The maximum absolute atomic E-state index is 2.27. The molecule has 0 aliphatic heterocycles. The zero-order valence-electron chi connectivity index (χ0n) is 13.2. The fourth-order valence-electron chi connectivity index (χ4n) is 2.48. The standard InChI is InChI=1S/C19H26/c1-7-10-13-17-14(4)15(5)18(11-8-2)19(12-9-3)16(17)6/h8-13H,7H2,1-6H3/b11-8-,12-9-,13-10-. The van der Waals surface area contributed by atoms with Crippen LogP contribution in [-0.4, -0.2) is 0 Å². The van der Waals surface area contributed by atoms with Gasteiger partial charge in [-0.15, -0.1) is 0 Å². The van der Waals surface area contributed by atoms with Crippen LogP contribution in [0.3, 0.4) is 0 Å². The fraction of sp³-hybridized carbons (Fsp3) is 0.368. The molecule has 0 saturated heterocycles. The Morgan fingerprint density at radius 2 is 1.16 bits per heavy atom. The summed E-state index contributed by atoms with van der Waals surface area (Å²) in [4.78, 5) is 0. The molecule has 0 atom stereocenters. The van der Waals surface area contributed by atoms with E-state index in [2.05, 4.69) is 78.0 Å². The Balaban J connectivity index is 3.67. The summed E-state index contributed by atoms with van der Waals surface area (Å²) in [6, 6.07) is 0. The second-order valence-corrected chi connectivity index (χ2v) is 4.93. The van der Waals surface area contributed by atoms with E-state index >= 15 is 0 Å². The average Bonchev–Trinajstić information content (AvgIpc) is 2.40. The van der Waals surface area contributed by atoms with Gasteiger partial charge in [-0.25, -0.2) is 0 Å². The highest BCUT2D eigenvalue weighted by Crippen LogP contribution is 2.30. The quantitative estimate of drug-likeness (QED) is 0.609. The molecule has 1 aromatic rings. The minimum atomic E-state index is 1.08. The van der Waals surface area contributed by atoms with Crippen LogP contribution in [0.1, 0.15) is 60.6 Å². The van der Waals surface area contributed by atoms with Gasteiger partial charge in [-0.1, -0.05) is 43.4 Å². The van der Waals surface area contributed by atoms with Crippen LogP contribution in [0.15, 0.2) is 18.2 Å². The molecule has 0 heteroatoms. The third-order valence-corrected chi connectivity index (χ3v) is 3.66. The van der Waals surface area contributed by atoms with Gasteiger partial charge in [0.15, 0.2) is 0 Å². The van der Waals surface area contributed by atoms with Gasteiger partial charge < -0.3 is 0 Å². The van der Waals surface area contributed by atoms with Crippen molar-refractivity contribution in [3.63, 3.8) is 0 Å². The van der Waals surface area contributed by atoms with Crippen LogP contribution in [0.25, 0.3) is 18.2 Å². The highest BCUT2D eigenvalue weighted by Gasteiger charge is 2.12. The van der Waals surface area contributed by atoms with Gasteiger partial charge in [-0.3, -0.25) is 0 Å². The van der Waals surface area contributed by atoms with E-state index in [1.54, 1.807) is 0 Å². The monoisotopic (exact) mass is 254 g/mol. The minimum Gasteiger partial charge on any atom is -0.0870 e. The number of hydrogen-bond acceptors (Lipinski definition) is 0. The van der Waals surface area contributed by atoms with Crippen molar-refractivity contribution in [3.8, 4) is 0 Å². The van der Waals surface area contributed by atoms with Crippen molar-refractivity contribution in [2.24, 2.45) is 0 Å². The molecule has 0 nitrogen and oxygen atoms in total. The van der Waals surface area contributed by atoms with Gasteiger partial charge in [0.1, 0.15) is 0 Å². The number of allylic oxidation sites excluding steroid dienone is 3. The van der Waals surface area contributed by atoms with Crippen molar-refractivity contribution >= 4 is 18.2 Å². The van der Waals surface area contributed by atoms with Crippen molar-refractivity contribution in [1.82, 2.24) is 0 Å². The normalized spacial score (nSPS) is 12.3. The van der Waals surface area contributed by atoms with E-state index in [1.165, 1.54) is 33.4 Å². The predicted octanol–water partition coefficient (Wildman–Crippen LogP) is 6.10. The Hall–Kier alpha value is -1.56. The van der Waals surface area contributed by atoms with Crippen LogP contribution in [0.4, 0.5) is 0 Å². The maximum atomic E-state index is 2.27. The number of benzene rings is 1. The first kappa shape index (κ1) is 15.5. The molecule has 1 rings (SSSR count). The highest BCUT2D eigenvalue weighted by molar-refractivity contribution is 5.76. The van der Waals surface area contributed by atoms with Crippen molar-refractivity contribution in [2.75, 3.05) is 0 Å². The van der Waals surface area contributed by atoms with Gasteiger partial charge in [0.25, 0.3) is 0 Å². The molecule has 0 N–H and O–H groups in total. The summed E-state index contributed by atoms with van der Waals surface area (Å²) in [7, 11) is 0. The second kappa shape index (κ2) is 7.13. The summed E-state index contributed by atoms with van der Waals surface area (Å²) < 4.78 is 0. The van der Waals surface area contributed by atoms with Crippen LogP contribution in [0.2, 0.25) is 0 Å². The maximum Gasteiger partial charge on any atom is -0.0149 e. The molecular weight excluding hydrogens is 228 g/mol. The molecule has 0 aromatic heterocycles. The van der Waals surface area contributed by atoms with Gasteiger partial charge in [0, 0.05) is 0 Å². The van der Waals surface area contributed by atoms with E-state index in [9.17, 15) is 0 Å². The summed E-state index contributed by atoms with van der Waals surface area (Å²) >= 11 is 0. The lowest BCUT2D eigenvalue weighted by atomic mass is 9.87. The largest absolute Gasteiger partial charge is 0.0870 e. The lowest BCUT2D eigenvalue weighted by Gasteiger charge is -2.17. The molecule has 102 valence electrons. The van der Waals surface area contributed by atoms with Gasteiger partial charge in [0.2, 0.25) is 0 Å². The number of hydrogen-bond donors (Lipinski definition) is 0. The molecule has 0 aliphatic carbocycles. The van der Waals surface area contributed by atoms with Crippen LogP contribution < -0.4 is 0 Å². The Kier molecular flexibility index (Phi) is 5.82. The molecule has 0 amide bonds. The SMILES string of the molecule is C/C=C\c1c(C)c(C)c(/C=C\CC)c(C)c1/C=C\C. The molecule has 0 saturated carbocycles. The van der Waals surface area contributed by atoms with Crippen LogP contribution in [-0.2, 0) is 0 Å². The molecule has 0 bridgehead atoms. The molecule has 0 aliphatic rings. The zero-order chi connectivity index (χ0) is 14.4. The van der Waals surface area contributed by atoms with Gasteiger partial charge in [-0.05, 0) is 74.4 Å². The third kappa shape index (κ3) is 3.26. The van der Waals surface area contributed by atoms with Crippen LogP contribution in [0, 0.1) is 20.8 Å². The Bertz CT molecular complexity index is 526. The van der Waals surface area contributed by atoms with Gasteiger partial charge in [0.05, 0.1) is 0 Å². The number of rotatable bonds is 4. The lowest BCUT2D eigenvalue weighted by Crippen LogP contribution is -1.99. The third-order valence-electron chi connectivity index (χ3n) is 3.66. The van der Waals surface area contributed by atoms with Crippen LogP contribution >= 0.6 is 0 Å². The smallest absolute Gasteiger partial charge is 0.0149 e. The molecule has 0 radical (unpaired) electrons. The van der Waals surface area contributed by atoms with E-state index in [-0.39, 0.29) is 0 Å². The van der Waals surface area contributed by atoms with Gasteiger partial charge >= 0.3 is 0 Å². The van der Waals surface area contributed by atoms with E-state index in [0.717, 1.165) is 6.42 Å². The zero-order valence-corrected chi connectivity index (χ0v) is 13.2. The fourth-order valence-corrected chi connectivity index (χ4v) is 2.48. The molecule has 0 spiro atoms. The van der Waals surface area contributed by atoms with E-state index in [0.29, 0.717) is 0 Å². The van der Waals surface area contributed by atoms with E-state index in [1.807, 2.05) is 0 Å². The summed E-state index contributed by atoms with van der Waals surface area (Å²) in [5.41, 5.74) is 8.22. The molecule has 1 aromatic carbocycles. The second-order valence-electron chi connectivity index (χ2n) is 4.93. The Morgan fingerprint density at radius 1 is 0.684 bits per heavy atom. The first-order valence-electron chi connectivity index (χ1n) is 7.14. The van der Waals surface area contributed by atoms with Crippen LogP contribution in [0.5, 0.6) is 0 Å². The minimum absolute atomic E-state index is 1.08. The highest BCUT2D eigenvalue weighted by atomic mass is 14.2. The predicted molar refractivity (Wildman–Crippen MR) is 89.4 cm³/mol. The van der Waals surface area contributed by atoms with Gasteiger partial charge in [-0.2, -0.15) is 0 Å². The summed E-state index contributed by atoms with van der Waals surface area (Å²) in [5.74, 6) is 0. The molecule has 0 heterocycles. The first-order valence-corrected chi connectivity index (χ1v) is 7.14. The summed E-state index contributed by atoms with van der Waals surface area (Å²) in [6.45, 7) is 13.0. The molecule has 19 heavy (non-hydrogen) atoms. The molecule has 0 fully saturated rings.